The van der Waals surface area contributed by atoms with Crippen LogP contribution < -0.4 is 21.7 Å². The molecule has 0 aliphatic heterocycles. The lowest BCUT2D eigenvalue weighted by atomic mass is 10.0. The van der Waals surface area contributed by atoms with Crippen LogP contribution in [0.3, 0.4) is 0 Å². The van der Waals surface area contributed by atoms with Gasteiger partial charge in [0.25, 0.3) is 0 Å². The molecule has 1 rings (SSSR count). The molecule has 0 aliphatic rings. The number of aliphatic carboxylic acids is 2. The number of nitrogens with one attached hydrogen (secondary N) is 3. The lowest BCUT2D eigenvalue weighted by molar-refractivity contribution is -0.147. The first-order valence-electron chi connectivity index (χ1n) is 10.9. The van der Waals surface area contributed by atoms with Crippen LogP contribution in [0.15, 0.2) is 24.3 Å². The summed E-state index contributed by atoms with van der Waals surface area (Å²) in [6, 6.07) is 0.176. The predicted molar refractivity (Wildman–Crippen MR) is 130 cm³/mol. The van der Waals surface area contributed by atoms with Crippen molar-refractivity contribution in [2.75, 3.05) is 12.0 Å². The summed E-state index contributed by atoms with van der Waals surface area (Å²) in [6.45, 7) is 1.31. The molecule has 5 atom stereocenters. The van der Waals surface area contributed by atoms with Crippen LogP contribution in [0.25, 0.3) is 0 Å². The quantitative estimate of drug-likeness (QED) is 0.129. The molecule has 1 aromatic rings. The van der Waals surface area contributed by atoms with E-state index in [1.165, 1.54) is 43.0 Å². The Morgan fingerprint density at radius 1 is 0.917 bits per heavy atom. The third kappa shape index (κ3) is 10.5. The van der Waals surface area contributed by atoms with Gasteiger partial charge in [0.15, 0.2) is 0 Å². The fourth-order valence-corrected chi connectivity index (χ4v) is 3.46. The molecule has 0 aliphatic carbocycles. The Balaban J connectivity index is 3.16. The van der Waals surface area contributed by atoms with E-state index in [9.17, 15) is 39.3 Å². The molecule has 13 nitrogen and oxygen atoms in total. The van der Waals surface area contributed by atoms with Gasteiger partial charge >= 0.3 is 11.9 Å². The highest BCUT2D eigenvalue weighted by atomic mass is 32.2. The number of carboxylic acids is 2. The fourth-order valence-electron chi connectivity index (χ4n) is 2.99. The summed E-state index contributed by atoms with van der Waals surface area (Å²) < 4.78 is 0. The Bertz CT molecular complexity index is 927. The molecule has 36 heavy (non-hydrogen) atoms. The van der Waals surface area contributed by atoms with E-state index in [1.807, 2.05) is 0 Å². The second kappa shape index (κ2) is 14.9. The van der Waals surface area contributed by atoms with Gasteiger partial charge in [-0.2, -0.15) is 11.8 Å². The Hall–Kier alpha value is -3.36. The second-order valence-electron chi connectivity index (χ2n) is 8.04. The Morgan fingerprint density at radius 2 is 1.44 bits per heavy atom. The maximum absolute atomic E-state index is 13.1. The number of phenols is 1. The third-order valence-electron chi connectivity index (χ3n) is 5.07. The van der Waals surface area contributed by atoms with Gasteiger partial charge in [0.1, 0.15) is 29.9 Å². The first kappa shape index (κ1) is 30.7. The normalized spacial score (nSPS) is 15.0. The first-order chi connectivity index (χ1) is 16.8. The molecule has 0 radical (unpaired) electrons. The van der Waals surface area contributed by atoms with Gasteiger partial charge in [0.2, 0.25) is 17.7 Å². The lowest BCUT2D eigenvalue weighted by Gasteiger charge is -2.25. The van der Waals surface area contributed by atoms with E-state index in [0.717, 1.165) is 0 Å². The van der Waals surface area contributed by atoms with Crippen molar-refractivity contribution in [2.45, 2.75) is 56.5 Å². The summed E-state index contributed by atoms with van der Waals surface area (Å²) in [5, 5.41) is 44.3. The van der Waals surface area contributed by atoms with Crippen molar-refractivity contribution >= 4 is 41.4 Å². The van der Waals surface area contributed by atoms with E-state index < -0.39 is 66.4 Å². The molecule has 200 valence electrons. The molecule has 14 heteroatoms. The Morgan fingerprint density at radius 3 is 1.94 bits per heavy atom. The maximum Gasteiger partial charge on any atom is 0.326 e. The van der Waals surface area contributed by atoms with Crippen molar-refractivity contribution in [2.24, 2.45) is 5.73 Å². The summed E-state index contributed by atoms with van der Waals surface area (Å²) >= 11 is 1.40. The van der Waals surface area contributed by atoms with E-state index in [-0.39, 0.29) is 18.6 Å². The minimum Gasteiger partial charge on any atom is -0.508 e. The molecule has 0 aromatic heterocycles. The van der Waals surface area contributed by atoms with Crippen LogP contribution in [0.4, 0.5) is 0 Å². The number of thioether (sulfide) groups is 1. The number of rotatable bonds is 15. The van der Waals surface area contributed by atoms with Gasteiger partial charge in [-0.05, 0) is 43.0 Å². The van der Waals surface area contributed by atoms with Crippen molar-refractivity contribution in [3.63, 3.8) is 0 Å². The maximum atomic E-state index is 13.1. The van der Waals surface area contributed by atoms with Crippen LogP contribution in [0.1, 0.15) is 25.3 Å². The van der Waals surface area contributed by atoms with Crippen LogP contribution in [0, 0.1) is 0 Å². The number of aliphatic hydroxyl groups is 1. The zero-order valence-corrected chi connectivity index (χ0v) is 20.7. The number of amides is 3. The highest BCUT2D eigenvalue weighted by Gasteiger charge is 2.31. The summed E-state index contributed by atoms with van der Waals surface area (Å²) in [5.74, 6) is -5.10. The van der Waals surface area contributed by atoms with Crippen molar-refractivity contribution in [3.05, 3.63) is 29.8 Å². The number of benzene rings is 1. The van der Waals surface area contributed by atoms with E-state index in [2.05, 4.69) is 16.0 Å². The average molecular weight is 529 g/mol. The van der Waals surface area contributed by atoms with Crippen LogP contribution in [0.2, 0.25) is 0 Å². The SMILES string of the molecule is CSCCC(NC(=O)C(N)C(C)O)C(=O)NC(Cc1ccc(O)cc1)C(=O)NC(CC(=O)O)C(=O)O. The zero-order chi connectivity index (χ0) is 27.4. The van der Waals surface area contributed by atoms with E-state index in [1.54, 1.807) is 6.26 Å². The van der Waals surface area contributed by atoms with E-state index in [0.29, 0.717) is 11.3 Å². The molecule has 9 N–H and O–H groups in total. The van der Waals surface area contributed by atoms with Gasteiger partial charge in [-0.15, -0.1) is 0 Å². The highest BCUT2D eigenvalue weighted by molar-refractivity contribution is 7.98. The number of carbonyl (C=O) groups is 5. The third-order valence-corrected chi connectivity index (χ3v) is 5.71. The zero-order valence-electron chi connectivity index (χ0n) is 19.8. The Labute approximate surface area is 211 Å². The molecule has 0 spiro atoms. The van der Waals surface area contributed by atoms with Gasteiger partial charge in [-0.3, -0.25) is 19.2 Å². The molecule has 0 fully saturated rings. The van der Waals surface area contributed by atoms with Crippen molar-refractivity contribution < 1.29 is 44.4 Å². The Kier molecular flexibility index (Phi) is 12.7. The second-order valence-corrected chi connectivity index (χ2v) is 9.02. The number of hydrogen-bond donors (Lipinski definition) is 8. The topological polar surface area (TPSA) is 228 Å². The van der Waals surface area contributed by atoms with Crippen molar-refractivity contribution in [1.29, 1.82) is 0 Å². The molecule has 3 amide bonds. The standard InChI is InChI=1S/C22H32N4O9S/c1-11(27)18(23)21(33)24-14(7-8-36-2)19(31)25-15(9-12-3-5-13(28)6-4-12)20(32)26-16(22(34)35)10-17(29)30/h3-6,11,14-16,18,27-28H,7-10,23H2,1-2H3,(H,24,33)(H,25,31)(H,26,32)(H,29,30)(H,34,35). The minimum atomic E-state index is -1.75. The van der Waals surface area contributed by atoms with Crippen LogP contribution >= 0.6 is 11.8 Å². The summed E-state index contributed by atoms with van der Waals surface area (Å²) in [4.78, 5) is 60.7. The van der Waals surface area contributed by atoms with Crippen molar-refractivity contribution in [3.8, 4) is 5.75 Å². The summed E-state index contributed by atoms with van der Waals surface area (Å²) in [6.07, 6.45) is -0.244. The predicted octanol–water partition coefficient (Wildman–Crippen LogP) is -1.59. The van der Waals surface area contributed by atoms with Crippen LogP contribution in [-0.4, -0.2) is 92.4 Å². The molecule has 1 aromatic carbocycles. The molecule has 0 saturated heterocycles. The number of carbonyl (C=O) groups excluding carboxylic acids is 3. The van der Waals surface area contributed by atoms with Gasteiger partial charge in [0, 0.05) is 6.42 Å². The smallest absolute Gasteiger partial charge is 0.326 e. The van der Waals surface area contributed by atoms with E-state index in [4.69, 9.17) is 10.8 Å². The molecule has 5 unspecified atom stereocenters. The van der Waals surface area contributed by atoms with Gasteiger partial charge in [-0.25, -0.2) is 4.79 Å². The van der Waals surface area contributed by atoms with Crippen LogP contribution in [-0.2, 0) is 30.4 Å². The molecule has 0 heterocycles. The highest BCUT2D eigenvalue weighted by Crippen LogP contribution is 2.12. The van der Waals surface area contributed by atoms with Gasteiger partial charge in [0.05, 0.1) is 12.5 Å². The minimum absolute atomic E-state index is 0.0366. The van der Waals surface area contributed by atoms with Crippen LogP contribution in [0.5, 0.6) is 5.75 Å². The lowest BCUT2D eigenvalue weighted by Crippen LogP contribution is -2.58. The largest absolute Gasteiger partial charge is 0.508 e. The monoisotopic (exact) mass is 528 g/mol. The number of aliphatic hydroxyl groups excluding tert-OH is 1. The fraction of sp³-hybridized carbons (Fsp3) is 0.500. The first-order valence-corrected chi connectivity index (χ1v) is 12.3. The summed E-state index contributed by atoms with van der Waals surface area (Å²) in [7, 11) is 0. The molecule has 0 bridgehead atoms. The molecular weight excluding hydrogens is 496 g/mol. The number of nitrogens with two attached hydrogens (primary N) is 1. The average Bonchev–Trinajstić information content (AvgIpc) is 2.80. The molecule has 0 saturated carbocycles. The number of hydrogen-bond acceptors (Lipinski definition) is 9. The van der Waals surface area contributed by atoms with Crippen molar-refractivity contribution in [1.82, 2.24) is 16.0 Å². The number of carboxylic acid groups (broad SMARTS) is 2. The van der Waals surface area contributed by atoms with E-state index >= 15 is 0 Å². The van der Waals surface area contributed by atoms with Gasteiger partial charge < -0.3 is 42.1 Å². The van der Waals surface area contributed by atoms with Gasteiger partial charge in [-0.1, -0.05) is 12.1 Å². The molecular formula is C22H32N4O9S. The number of phenolic OH excluding ortho intramolecular Hbond substituents is 1. The summed E-state index contributed by atoms with van der Waals surface area (Å²) in [5.41, 5.74) is 6.14. The number of aromatic hydroxyl groups is 1.